The van der Waals surface area contributed by atoms with Gasteiger partial charge in [0, 0.05) is 0 Å². The van der Waals surface area contributed by atoms with Crippen molar-refractivity contribution in [3.63, 3.8) is 0 Å². The molecule has 2 heteroatoms. The molecule has 0 aromatic heterocycles. The Balaban J connectivity index is 3.92. The maximum Gasteiger partial charge on any atom is 0.0824 e. The molecule has 0 unspecified atom stereocenters. The van der Waals surface area contributed by atoms with Crippen molar-refractivity contribution in [3.05, 3.63) is 0 Å². The van der Waals surface area contributed by atoms with E-state index < -0.39 is 12.2 Å². The van der Waals surface area contributed by atoms with Gasteiger partial charge in [0.2, 0.25) is 0 Å². The second-order valence-corrected chi connectivity index (χ2v) is 5.69. The topological polar surface area (TPSA) is 40.5 Å². The van der Waals surface area contributed by atoms with Gasteiger partial charge in [-0.25, -0.2) is 0 Å². The van der Waals surface area contributed by atoms with Gasteiger partial charge in [0.05, 0.1) is 12.2 Å². The van der Waals surface area contributed by atoms with Crippen molar-refractivity contribution in [1.29, 1.82) is 0 Å². The molecule has 0 saturated heterocycles. The molecule has 0 aliphatic rings. The Kier molecular flexibility index (Phi) is 11.9. The molecule has 0 saturated carbocycles. The van der Waals surface area contributed by atoms with Crippen LogP contribution in [0.5, 0.6) is 0 Å². The van der Waals surface area contributed by atoms with Crippen LogP contribution < -0.4 is 0 Å². The second-order valence-electron chi connectivity index (χ2n) is 5.69. The molecule has 0 fully saturated rings. The summed E-state index contributed by atoms with van der Waals surface area (Å²) in [7, 11) is 0. The highest BCUT2D eigenvalue weighted by molar-refractivity contribution is 4.73. The molecule has 2 atom stereocenters. The fraction of sp³-hybridized carbons (Fsp3) is 1.00. The van der Waals surface area contributed by atoms with Crippen LogP contribution in [-0.2, 0) is 0 Å². The van der Waals surface area contributed by atoms with Gasteiger partial charge < -0.3 is 10.2 Å². The molecule has 0 amide bonds. The minimum absolute atomic E-state index is 0.290. The van der Waals surface area contributed by atoms with Gasteiger partial charge in [-0.2, -0.15) is 0 Å². The van der Waals surface area contributed by atoms with Gasteiger partial charge in [-0.05, 0) is 25.7 Å². The van der Waals surface area contributed by atoms with E-state index in [0.29, 0.717) is 5.92 Å². The predicted octanol–water partition coefficient (Wildman–Crippen LogP) is 4.29. The van der Waals surface area contributed by atoms with E-state index >= 15 is 0 Å². The Morgan fingerprint density at radius 1 is 0.722 bits per heavy atom. The summed E-state index contributed by atoms with van der Waals surface area (Å²) < 4.78 is 0. The van der Waals surface area contributed by atoms with E-state index in [1.807, 2.05) is 0 Å². The SMILES string of the molecule is CCCCCCC(CCCCCC)[C@H](O)[C@H](C)O. The molecule has 0 aromatic rings. The summed E-state index contributed by atoms with van der Waals surface area (Å²) in [6.45, 7) is 6.13. The largest absolute Gasteiger partial charge is 0.391 e. The molecule has 0 spiro atoms. The minimum atomic E-state index is -0.590. The molecule has 0 aromatic carbocycles. The number of rotatable bonds is 12. The van der Waals surface area contributed by atoms with Gasteiger partial charge in [-0.1, -0.05) is 65.2 Å². The lowest BCUT2D eigenvalue weighted by atomic mass is 9.87. The number of unbranched alkanes of at least 4 members (excludes halogenated alkanes) is 6. The molecule has 2 N–H and O–H groups in total. The first kappa shape index (κ1) is 17.9. The summed E-state index contributed by atoms with van der Waals surface area (Å²) >= 11 is 0. The maximum atomic E-state index is 10.0. The van der Waals surface area contributed by atoms with Gasteiger partial charge >= 0.3 is 0 Å². The van der Waals surface area contributed by atoms with Gasteiger partial charge in [0.15, 0.2) is 0 Å². The Morgan fingerprint density at radius 3 is 1.50 bits per heavy atom. The molecule has 0 bridgehead atoms. The lowest BCUT2D eigenvalue weighted by Crippen LogP contribution is -2.31. The molecule has 110 valence electrons. The van der Waals surface area contributed by atoms with Crippen LogP contribution in [0.1, 0.15) is 85.0 Å². The van der Waals surface area contributed by atoms with Gasteiger partial charge in [-0.15, -0.1) is 0 Å². The van der Waals surface area contributed by atoms with Crippen LogP contribution in [0.15, 0.2) is 0 Å². The quantitative estimate of drug-likeness (QED) is 0.513. The van der Waals surface area contributed by atoms with E-state index in [-0.39, 0.29) is 0 Å². The predicted molar refractivity (Wildman–Crippen MR) is 78.7 cm³/mol. The minimum Gasteiger partial charge on any atom is -0.391 e. The molecule has 0 heterocycles. The third-order valence-corrected chi connectivity index (χ3v) is 3.83. The van der Waals surface area contributed by atoms with Crippen LogP contribution in [0.25, 0.3) is 0 Å². The Hall–Kier alpha value is -0.0800. The van der Waals surface area contributed by atoms with Crippen molar-refractivity contribution >= 4 is 0 Å². The average Bonchev–Trinajstić information content (AvgIpc) is 2.36. The zero-order valence-electron chi connectivity index (χ0n) is 12.7. The third kappa shape index (κ3) is 8.93. The van der Waals surface area contributed by atoms with Crippen LogP contribution >= 0.6 is 0 Å². The van der Waals surface area contributed by atoms with Gasteiger partial charge in [0.1, 0.15) is 0 Å². The summed E-state index contributed by atoms with van der Waals surface area (Å²) in [6, 6.07) is 0. The fourth-order valence-electron chi connectivity index (χ4n) is 2.55. The zero-order chi connectivity index (χ0) is 13.8. The molecule has 0 aliphatic heterocycles. The lowest BCUT2D eigenvalue weighted by Gasteiger charge is -2.25. The maximum absolute atomic E-state index is 10.0. The summed E-state index contributed by atoms with van der Waals surface area (Å²) in [6.07, 6.45) is 11.0. The zero-order valence-corrected chi connectivity index (χ0v) is 12.7. The van der Waals surface area contributed by atoms with Crippen molar-refractivity contribution in [2.75, 3.05) is 0 Å². The highest BCUT2D eigenvalue weighted by Gasteiger charge is 2.22. The van der Waals surface area contributed by atoms with E-state index in [4.69, 9.17) is 0 Å². The van der Waals surface area contributed by atoms with Gasteiger partial charge in [0.25, 0.3) is 0 Å². The van der Waals surface area contributed by atoms with Crippen molar-refractivity contribution in [1.82, 2.24) is 0 Å². The summed E-state index contributed by atoms with van der Waals surface area (Å²) in [4.78, 5) is 0. The Labute approximate surface area is 114 Å². The van der Waals surface area contributed by atoms with Crippen molar-refractivity contribution < 1.29 is 10.2 Å². The first-order valence-electron chi connectivity index (χ1n) is 7.99. The normalized spacial score (nSPS) is 15.0. The number of aliphatic hydroxyl groups excluding tert-OH is 2. The first-order valence-corrected chi connectivity index (χ1v) is 7.99. The molecule has 0 radical (unpaired) electrons. The van der Waals surface area contributed by atoms with E-state index in [1.165, 1.54) is 51.4 Å². The smallest absolute Gasteiger partial charge is 0.0824 e. The van der Waals surface area contributed by atoms with Crippen LogP contribution in [0, 0.1) is 5.92 Å². The number of hydrogen-bond acceptors (Lipinski definition) is 2. The average molecular weight is 258 g/mol. The Bertz CT molecular complexity index is 156. The summed E-state index contributed by atoms with van der Waals surface area (Å²) in [5, 5.41) is 19.6. The highest BCUT2D eigenvalue weighted by Crippen LogP contribution is 2.23. The van der Waals surface area contributed by atoms with Crippen molar-refractivity contribution in [3.8, 4) is 0 Å². The van der Waals surface area contributed by atoms with Crippen molar-refractivity contribution in [2.45, 2.75) is 97.2 Å². The fourth-order valence-corrected chi connectivity index (χ4v) is 2.55. The lowest BCUT2D eigenvalue weighted by molar-refractivity contribution is -0.0134. The van der Waals surface area contributed by atoms with Crippen LogP contribution in [0.3, 0.4) is 0 Å². The molecule has 0 rings (SSSR count). The highest BCUT2D eigenvalue weighted by atomic mass is 16.3. The van der Waals surface area contributed by atoms with Crippen LogP contribution in [0.2, 0.25) is 0 Å². The van der Waals surface area contributed by atoms with Crippen LogP contribution in [0.4, 0.5) is 0 Å². The molecular formula is C16H34O2. The second kappa shape index (κ2) is 12.0. The standard InChI is InChI=1S/C16H34O2/c1-4-6-8-10-12-15(16(18)14(3)17)13-11-9-7-5-2/h14-18H,4-13H2,1-3H3/t14-,16+/m0/s1. The molecular weight excluding hydrogens is 224 g/mol. The van der Waals surface area contributed by atoms with Crippen molar-refractivity contribution in [2.24, 2.45) is 5.92 Å². The van der Waals surface area contributed by atoms with E-state index in [0.717, 1.165) is 12.8 Å². The van der Waals surface area contributed by atoms with E-state index in [1.54, 1.807) is 6.92 Å². The molecule has 18 heavy (non-hydrogen) atoms. The number of aliphatic hydroxyl groups is 2. The van der Waals surface area contributed by atoms with Gasteiger partial charge in [-0.3, -0.25) is 0 Å². The summed E-state index contributed by atoms with van der Waals surface area (Å²) in [5.74, 6) is 0.290. The monoisotopic (exact) mass is 258 g/mol. The molecule has 0 aliphatic carbocycles. The van der Waals surface area contributed by atoms with Crippen LogP contribution in [-0.4, -0.2) is 22.4 Å². The Morgan fingerprint density at radius 2 is 1.17 bits per heavy atom. The summed E-state index contributed by atoms with van der Waals surface area (Å²) in [5.41, 5.74) is 0. The first-order chi connectivity index (χ1) is 8.63. The van der Waals surface area contributed by atoms with E-state index in [9.17, 15) is 10.2 Å². The van der Waals surface area contributed by atoms with E-state index in [2.05, 4.69) is 13.8 Å². The number of hydrogen-bond donors (Lipinski definition) is 2. The molecule has 2 nitrogen and oxygen atoms in total. The third-order valence-electron chi connectivity index (χ3n) is 3.83.